The van der Waals surface area contributed by atoms with E-state index >= 15 is 0 Å². The number of aromatic amines is 1. The molecule has 1 aromatic carbocycles. The molecule has 106 valence electrons. The Labute approximate surface area is 139 Å². The SMILES string of the molecule is CC(C)(C)c1nc(-c2cc(Cl)ccc2Br)[nH]c(=O)c1Br. The molecule has 6 heteroatoms. The first-order valence-electron chi connectivity index (χ1n) is 5.96. The van der Waals surface area contributed by atoms with E-state index in [1.807, 2.05) is 26.8 Å². The number of aromatic nitrogens is 2. The van der Waals surface area contributed by atoms with E-state index in [1.165, 1.54) is 0 Å². The minimum absolute atomic E-state index is 0.202. The quantitative estimate of drug-likeness (QED) is 0.712. The van der Waals surface area contributed by atoms with Gasteiger partial charge in [0.25, 0.3) is 5.56 Å². The molecule has 0 spiro atoms. The van der Waals surface area contributed by atoms with E-state index in [0.29, 0.717) is 21.0 Å². The highest BCUT2D eigenvalue weighted by Crippen LogP contribution is 2.31. The van der Waals surface area contributed by atoms with Gasteiger partial charge in [-0.25, -0.2) is 4.98 Å². The van der Waals surface area contributed by atoms with E-state index in [4.69, 9.17) is 11.6 Å². The zero-order valence-corrected chi connectivity index (χ0v) is 15.1. The van der Waals surface area contributed by atoms with E-state index in [9.17, 15) is 4.79 Å². The molecule has 0 unspecified atom stereocenters. The van der Waals surface area contributed by atoms with Crippen LogP contribution in [0.4, 0.5) is 0 Å². The fourth-order valence-electron chi connectivity index (χ4n) is 1.76. The molecule has 0 saturated carbocycles. The minimum atomic E-state index is -0.243. The largest absolute Gasteiger partial charge is 0.305 e. The van der Waals surface area contributed by atoms with Gasteiger partial charge in [0.15, 0.2) is 0 Å². The monoisotopic (exact) mass is 418 g/mol. The van der Waals surface area contributed by atoms with Crippen LogP contribution in [0, 0.1) is 0 Å². The Bertz CT molecular complexity index is 720. The lowest BCUT2D eigenvalue weighted by Gasteiger charge is -2.20. The molecule has 1 heterocycles. The Morgan fingerprint density at radius 3 is 2.50 bits per heavy atom. The number of rotatable bonds is 1. The lowest BCUT2D eigenvalue weighted by atomic mass is 9.92. The average molecular weight is 421 g/mol. The van der Waals surface area contributed by atoms with Gasteiger partial charge >= 0.3 is 0 Å². The highest BCUT2D eigenvalue weighted by atomic mass is 79.9. The van der Waals surface area contributed by atoms with Gasteiger partial charge in [0.1, 0.15) is 10.3 Å². The molecule has 0 aliphatic rings. The summed E-state index contributed by atoms with van der Waals surface area (Å²) in [5.74, 6) is 0.498. The normalized spacial score (nSPS) is 11.7. The summed E-state index contributed by atoms with van der Waals surface area (Å²) in [6.07, 6.45) is 0. The predicted octanol–water partition coefficient (Wildman–Crippen LogP) is 4.91. The van der Waals surface area contributed by atoms with Crippen LogP contribution in [0.15, 0.2) is 31.9 Å². The van der Waals surface area contributed by atoms with E-state index in [1.54, 1.807) is 12.1 Å². The summed E-state index contributed by atoms with van der Waals surface area (Å²) in [7, 11) is 0. The van der Waals surface area contributed by atoms with Crippen LogP contribution in [-0.4, -0.2) is 9.97 Å². The summed E-state index contributed by atoms with van der Waals surface area (Å²) < 4.78 is 1.29. The summed E-state index contributed by atoms with van der Waals surface area (Å²) in [5, 5.41) is 0.589. The average Bonchev–Trinajstić information content (AvgIpc) is 2.34. The van der Waals surface area contributed by atoms with Gasteiger partial charge < -0.3 is 4.98 Å². The maximum atomic E-state index is 12.1. The molecular weight excluding hydrogens is 407 g/mol. The highest BCUT2D eigenvalue weighted by Gasteiger charge is 2.22. The molecule has 1 aromatic heterocycles. The third-order valence-corrected chi connectivity index (χ3v) is 4.42. The Morgan fingerprint density at radius 1 is 1.25 bits per heavy atom. The molecule has 0 atom stereocenters. The van der Waals surface area contributed by atoms with Crippen LogP contribution in [0.25, 0.3) is 11.4 Å². The molecular formula is C14H13Br2ClN2O. The molecule has 0 aliphatic heterocycles. The summed E-state index contributed by atoms with van der Waals surface area (Å²) in [4.78, 5) is 19.4. The van der Waals surface area contributed by atoms with Crippen molar-refractivity contribution in [2.45, 2.75) is 26.2 Å². The summed E-state index contributed by atoms with van der Waals surface area (Å²) in [6, 6.07) is 5.37. The van der Waals surface area contributed by atoms with Crippen LogP contribution >= 0.6 is 43.5 Å². The first kappa shape index (κ1) is 15.7. The number of nitrogens with one attached hydrogen (secondary N) is 1. The van der Waals surface area contributed by atoms with Crippen molar-refractivity contribution in [1.29, 1.82) is 0 Å². The van der Waals surface area contributed by atoms with Gasteiger partial charge in [0, 0.05) is 20.5 Å². The van der Waals surface area contributed by atoms with Crippen LogP contribution in [-0.2, 0) is 5.41 Å². The lowest BCUT2D eigenvalue weighted by molar-refractivity contribution is 0.562. The smallest absolute Gasteiger partial charge is 0.265 e. The molecule has 0 bridgehead atoms. The molecule has 0 radical (unpaired) electrons. The highest BCUT2D eigenvalue weighted by molar-refractivity contribution is 9.10. The summed E-state index contributed by atoms with van der Waals surface area (Å²) >= 11 is 12.8. The summed E-state index contributed by atoms with van der Waals surface area (Å²) in [5.41, 5.74) is 1.02. The Balaban J connectivity index is 2.74. The Kier molecular flexibility index (Phi) is 4.42. The second-order valence-corrected chi connectivity index (χ2v) is 7.54. The number of benzene rings is 1. The standard InChI is InChI=1S/C14H13Br2ClN2O/c1-14(2,3)11-10(16)13(20)19-12(18-11)8-6-7(17)4-5-9(8)15/h4-6H,1-3H3,(H,18,19,20). The third kappa shape index (κ3) is 3.15. The van der Waals surface area contributed by atoms with Crippen molar-refractivity contribution in [2.75, 3.05) is 0 Å². The number of nitrogens with zero attached hydrogens (tertiary/aromatic N) is 1. The van der Waals surface area contributed by atoms with Crippen molar-refractivity contribution in [2.24, 2.45) is 0 Å². The lowest BCUT2D eigenvalue weighted by Crippen LogP contribution is -2.22. The molecule has 0 saturated heterocycles. The second kappa shape index (κ2) is 5.62. The molecule has 0 fully saturated rings. The number of hydrogen-bond donors (Lipinski definition) is 1. The van der Waals surface area contributed by atoms with Crippen LogP contribution in [0.5, 0.6) is 0 Å². The van der Waals surface area contributed by atoms with Crippen molar-refractivity contribution in [1.82, 2.24) is 9.97 Å². The van der Waals surface area contributed by atoms with Crippen molar-refractivity contribution < 1.29 is 0 Å². The third-order valence-electron chi connectivity index (χ3n) is 2.76. The van der Waals surface area contributed by atoms with Gasteiger partial charge in [-0.2, -0.15) is 0 Å². The van der Waals surface area contributed by atoms with Gasteiger partial charge in [-0.3, -0.25) is 4.79 Å². The van der Waals surface area contributed by atoms with Crippen LogP contribution in [0.2, 0.25) is 5.02 Å². The van der Waals surface area contributed by atoms with Crippen LogP contribution in [0.3, 0.4) is 0 Å². The zero-order valence-electron chi connectivity index (χ0n) is 11.2. The van der Waals surface area contributed by atoms with Gasteiger partial charge in [-0.05, 0) is 34.1 Å². The maximum absolute atomic E-state index is 12.1. The maximum Gasteiger partial charge on any atom is 0.265 e. The summed E-state index contributed by atoms with van der Waals surface area (Å²) in [6.45, 7) is 6.03. The molecule has 2 rings (SSSR count). The van der Waals surface area contributed by atoms with E-state index in [0.717, 1.165) is 10.0 Å². The Hall–Kier alpha value is -0.650. The van der Waals surface area contributed by atoms with Crippen molar-refractivity contribution in [3.8, 4) is 11.4 Å². The molecule has 0 amide bonds. The minimum Gasteiger partial charge on any atom is -0.305 e. The molecule has 1 N–H and O–H groups in total. The van der Waals surface area contributed by atoms with Gasteiger partial charge in [-0.15, -0.1) is 0 Å². The van der Waals surface area contributed by atoms with Crippen molar-refractivity contribution in [3.63, 3.8) is 0 Å². The number of hydrogen-bond acceptors (Lipinski definition) is 2. The molecule has 20 heavy (non-hydrogen) atoms. The first-order valence-corrected chi connectivity index (χ1v) is 7.92. The van der Waals surface area contributed by atoms with Gasteiger partial charge in [0.2, 0.25) is 0 Å². The number of halogens is 3. The van der Waals surface area contributed by atoms with Crippen LogP contribution < -0.4 is 5.56 Å². The number of H-pyrrole nitrogens is 1. The van der Waals surface area contributed by atoms with Crippen LogP contribution in [0.1, 0.15) is 26.5 Å². The topological polar surface area (TPSA) is 45.8 Å². The fourth-order valence-corrected chi connectivity index (χ4v) is 3.15. The van der Waals surface area contributed by atoms with E-state index in [2.05, 4.69) is 41.8 Å². The van der Waals surface area contributed by atoms with E-state index < -0.39 is 0 Å². The zero-order chi connectivity index (χ0) is 15.1. The Morgan fingerprint density at radius 2 is 1.90 bits per heavy atom. The first-order chi connectivity index (χ1) is 9.20. The molecule has 3 nitrogen and oxygen atoms in total. The molecule has 0 aliphatic carbocycles. The van der Waals surface area contributed by atoms with Gasteiger partial charge in [0.05, 0.1) is 5.69 Å². The van der Waals surface area contributed by atoms with E-state index in [-0.39, 0.29) is 11.0 Å². The second-order valence-electron chi connectivity index (χ2n) is 5.45. The molecule has 2 aromatic rings. The van der Waals surface area contributed by atoms with Crippen molar-refractivity contribution in [3.05, 3.63) is 48.2 Å². The van der Waals surface area contributed by atoms with Crippen molar-refractivity contribution >= 4 is 43.5 Å². The fraction of sp³-hybridized carbons (Fsp3) is 0.286. The van der Waals surface area contributed by atoms with Gasteiger partial charge in [-0.1, -0.05) is 48.3 Å². The predicted molar refractivity (Wildman–Crippen MR) is 89.4 cm³/mol.